The summed E-state index contributed by atoms with van der Waals surface area (Å²) >= 11 is 0. The maximum atomic E-state index is 5.42. The van der Waals surface area contributed by atoms with Gasteiger partial charge in [-0.3, -0.25) is 4.68 Å². The van der Waals surface area contributed by atoms with E-state index in [-0.39, 0.29) is 0 Å². The van der Waals surface area contributed by atoms with Gasteiger partial charge in [0.25, 0.3) is 0 Å². The van der Waals surface area contributed by atoms with Crippen LogP contribution in [-0.4, -0.2) is 29.8 Å². The fourth-order valence-electron chi connectivity index (χ4n) is 1.12. The van der Waals surface area contributed by atoms with Crippen LogP contribution >= 0.6 is 0 Å². The van der Waals surface area contributed by atoms with Crippen LogP contribution < -0.4 is 5.73 Å². The van der Waals surface area contributed by atoms with Crippen LogP contribution in [0.4, 0.5) is 0 Å². The fourth-order valence-corrected chi connectivity index (χ4v) is 1.12. The molecule has 2 aromatic heterocycles. The summed E-state index contributed by atoms with van der Waals surface area (Å²) in [4.78, 5) is 4.08. The van der Waals surface area contributed by atoms with Gasteiger partial charge >= 0.3 is 0 Å². The molecule has 0 aliphatic carbocycles. The van der Waals surface area contributed by atoms with Crippen molar-refractivity contribution in [3.05, 3.63) is 24.0 Å². The topological polar surface area (TPSA) is 87.4 Å². The quantitative estimate of drug-likeness (QED) is 0.669. The van der Waals surface area contributed by atoms with Gasteiger partial charge in [0.1, 0.15) is 18.7 Å². The average molecular weight is 193 g/mol. The van der Waals surface area contributed by atoms with Gasteiger partial charge in [0.15, 0.2) is 0 Å². The summed E-state index contributed by atoms with van der Waals surface area (Å²) in [6.07, 6.45) is 3.31. The molecule has 7 heteroatoms. The largest absolute Gasteiger partial charge is 0.325 e. The molecule has 0 saturated heterocycles. The number of rotatable bonds is 3. The van der Waals surface area contributed by atoms with Gasteiger partial charge in [0.05, 0.1) is 11.9 Å². The molecular weight excluding hydrogens is 182 g/mol. The SMILES string of the molecule is Cn1ncnc1Cn1cc(CN)nn1. The lowest BCUT2D eigenvalue weighted by molar-refractivity contribution is 0.589. The van der Waals surface area contributed by atoms with E-state index >= 15 is 0 Å². The Bertz CT molecular complexity index is 415. The highest BCUT2D eigenvalue weighted by atomic mass is 15.4. The summed E-state index contributed by atoms with van der Waals surface area (Å²) < 4.78 is 3.38. The molecule has 0 bridgehead atoms. The predicted molar refractivity (Wildman–Crippen MR) is 48.0 cm³/mol. The predicted octanol–water partition coefficient (Wildman–Crippen LogP) is -1.09. The number of nitrogens with zero attached hydrogens (tertiary/aromatic N) is 6. The summed E-state index contributed by atoms with van der Waals surface area (Å²) in [6.45, 7) is 0.961. The molecule has 0 spiro atoms. The van der Waals surface area contributed by atoms with E-state index in [1.165, 1.54) is 6.33 Å². The molecule has 7 nitrogen and oxygen atoms in total. The van der Waals surface area contributed by atoms with Crippen molar-refractivity contribution in [1.82, 2.24) is 29.8 Å². The number of hydrogen-bond donors (Lipinski definition) is 1. The van der Waals surface area contributed by atoms with E-state index in [1.54, 1.807) is 15.6 Å². The summed E-state index contributed by atoms with van der Waals surface area (Å²) in [5.74, 6) is 0.832. The first kappa shape index (κ1) is 8.82. The molecule has 0 saturated carbocycles. The lowest BCUT2D eigenvalue weighted by Gasteiger charge is -1.98. The van der Waals surface area contributed by atoms with Gasteiger partial charge in [0.2, 0.25) is 0 Å². The smallest absolute Gasteiger partial charge is 0.148 e. The lowest BCUT2D eigenvalue weighted by atomic mass is 10.5. The van der Waals surface area contributed by atoms with Gasteiger partial charge in [-0.15, -0.1) is 5.10 Å². The van der Waals surface area contributed by atoms with Crippen LogP contribution in [-0.2, 0) is 20.1 Å². The molecule has 14 heavy (non-hydrogen) atoms. The van der Waals surface area contributed by atoms with E-state index in [9.17, 15) is 0 Å². The van der Waals surface area contributed by atoms with E-state index in [2.05, 4.69) is 20.4 Å². The van der Waals surface area contributed by atoms with Crippen molar-refractivity contribution in [3.63, 3.8) is 0 Å². The Morgan fingerprint density at radius 1 is 1.50 bits per heavy atom. The van der Waals surface area contributed by atoms with Crippen molar-refractivity contribution in [3.8, 4) is 0 Å². The summed E-state index contributed by atoms with van der Waals surface area (Å²) in [6, 6.07) is 0. The van der Waals surface area contributed by atoms with Crippen molar-refractivity contribution < 1.29 is 0 Å². The van der Waals surface area contributed by atoms with Crippen molar-refractivity contribution in [2.24, 2.45) is 12.8 Å². The van der Waals surface area contributed by atoms with E-state index < -0.39 is 0 Å². The van der Waals surface area contributed by atoms with Gasteiger partial charge in [-0.1, -0.05) is 5.21 Å². The van der Waals surface area contributed by atoms with E-state index in [0.717, 1.165) is 11.5 Å². The Morgan fingerprint density at radius 3 is 2.93 bits per heavy atom. The third-order valence-corrected chi connectivity index (χ3v) is 1.90. The first-order valence-electron chi connectivity index (χ1n) is 4.21. The highest BCUT2D eigenvalue weighted by Gasteiger charge is 2.03. The Morgan fingerprint density at radius 2 is 2.36 bits per heavy atom. The molecule has 0 atom stereocenters. The molecule has 0 fully saturated rings. The van der Waals surface area contributed by atoms with E-state index in [0.29, 0.717) is 13.1 Å². The molecule has 0 aliphatic rings. The van der Waals surface area contributed by atoms with Crippen molar-refractivity contribution in [1.29, 1.82) is 0 Å². The minimum Gasteiger partial charge on any atom is -0.325 e. The minimum atomic E-state index is 0.402. The van der Waals surface area contributed by atoms with Crippen molar-refractivity contribution >= 4 is 0 Å². The lowest BCUT2D eigenvalue weighted by Crippen LogP contribution is -2.07. The molecule has 0 amide bonds. The van der Waals surface area contributed by atoms with E-state index in [4.69, 9.17) is 5.73 Å². The molecule has 0 unspecified atom stereocenters. The second kappa shape index (κ2) is 3.54. The average Bonchev–Trinajstić information content (AvgIpc) is 2.77. The number of aromatic nitrogens is 6. The molecule has 2 rings (SSSR count). The minimum absolute atomic E-state index is 0.402. The van der Waals surface area contributed by atoms with Gasteiger partial charge in [-0.25, -0.2) is 9.67 Å². The molecule has 0 radical (unpaired) electrons. The van der Waals surface area contributed by atoms with Crippen LogP contribution in [0.15, 0.2) is 12.5 Å². The third kappa shape index (κ3) is 1.62. The normalized spacial score (nSPS) is 10.7. The number of aryl methyl sites for hydroxylation is 1. The number of nitrogens with two attached hydrogens (primary N) is 1. The maximum Gasteiger partial charge on any atom is 0.148 e. The van der Waals surface area contributed by atoms with Crippen LogP contribution in [0, 0.1) is 0 Å². The monoisotopic (exact) mass is 193 g/mol. The zero-order valence-corrected chi connectivity index (χ0v) is 7.83. The number of hydrogen-bond acceptors (Lipinski definition) is 5. The zero-order chi connectivity index (χ0) is 9.97. The summed E-state index contributed by atoms with van der Waals surface area (Å²) in [5.41, 5.74) is 6.19. The maximum absolute atomic E-state index is 5.42. The van der Waals surface area contributed by atoms with Crippen LogP contribution in [0.5, 0.6) is 0 Å². The first-order chi connectivity index (χ1) is 6.79. The summed E-state index contributed by atoms with van der Waals surface area (Å²) in [5, 5.41) is 11.7. The molecule has 0 aromatic carbocycles. The molecule has 2 N–H and O–H groups in total. The van der Waals surface area contributed by atoms with Gasteiger partial charge in [-0.2, -0.15) is 5.10 Å². The fraction of sp³-hybridized carbons (Fsp3) is 0.429. The second-order valence-corrected chi connectivity index (χ2v) is 2.91. The molecule has 2 heterocycles. The zero-order valence-electron chi connectivity index (χ0n) is 7.83. The standard InChI is InChI=1S/C7H11N7/c1-13-7(9-5-10-13)4-14-3-6(2-8)11-12-14/h3,5H,2,4,8H2,1H3. The second-order valence-electron chi connectivity index (χ2n) is 2.91. The van der Waals surface area contributed by atoms with Crippen molar-refractivity contribution in [2.45, 2.75) is 13.1 Å². The molecule has 0 aliphatic heterocycles. The van der Waals surface area contributed by atoms with Crippen molar-refractivity contribution in [2.75, 3.05) is 0 Å². The Hall–Kier alpha value is -1.76. The van der Waals surface area contributed by atoms with Gasteiger partial charge in [-0.05, 0) is 0 Å². The molecule has 74 valence electrons. The van der Waals surface area contributed by atoms with Crippen LogP contribution in [0.1, 0.15) is 11.5 Å². The Balaban J connectivity index is 2.15. The van der Waals surface area contributed by atoms with Crippen LogP contribution in [0.25, 0.3) is 0 Å². The van der Waals surface area contributed by atoms with Crippen LogP contribution in [0.2, 0.25) is 0 Å². The molecule has 2 aromatic rings. The van der Waals surface area contributed by atoms with Gasteiger partial charge in [0, 0.05) is 13.6 Å². The first-order valence-corrected chi connectivity index (χ1v) is 4.21. The highest BCUT2D eigenvalue weighted by molar-refractivity contribution is 4.93. The Kier molecular flexibility index (Phi) is 2.23. The highest BCUT2D eigenvalue weighted by Crippen LogP contribution is 1.96. The Labute approximate surface area is 80.5 Å². The summed E-state index contributed by atoms with van der Waals surface area (Å²) in [7, 11) is 1.84. The van der Waals surface area contributed by atoms with E-state index in [1.807, 2.05) is 7.05 Å². The molecular formula is C7H11N7. The van der Waals surface area contributed by atoms with Gasteiger partial charge < -0.3 is 5.73 Å². The third-order valence-electron chi connectivity index (χ3n) is 1.90. The van der Waals surface area contributed by atoms with Crippen LogP contribution in [0.3, 0.4) is 0 Å².